The highest BCUT2D eigenvalue weighted by atomic mass is 32.1. The van der Waals surface area contributed by atoms with Crippen molar-refractivity contribution in [3.05, 3.63) is 59.7 Å². The first kappa shape index (κ1) is 23.3. The van der Waals surface area contributed by atoms with Gasteiger partial charge in [-0.25, -0.2) is 0 Å². The summed E-state index contributed by atoms with van der Waals surface area (Å²) in [5.74, 6) is 0. The van der Waals surface area contributed by atoms with E-state index in [-0.39, 0.29) is 0 Å². The zero-order chi connectivity index (χ0) is 21.8. The largest absolute Gasteiger partial charge is 0.372 e. The molecule has 0 aromatic heterocycles. The van der Waals surface area contributed by atoms with Gasteiger partial charge in [-0.2, -0.15) is 10.2 Å². The van der Waals surface area contributed by atoms with Gasteiger partial charge in [0.1, 0.15) is 0 Å². The highest BCUT2D eigenvalue weighted by Gasteiger charge is 2.01. The topological polar surface area (TPSA) is 55.3 Å². The quantitative estimate of drug-likeness (QED) is 0.340. The van der Waals surface area contributed by atoms with Crippen molar-refractivity contribution in [3.63, 3.8) is 0 Å². The third-order valence-electron chi connectivity index (χ3n) is 4.80. The van der Waals surface area contributed by atoms with Crippen molar-refractivity contribution >= 4 is 41.1 Å². The Balaban J connectivity index is 1.80. The van der Waals surface area contributed by atoms with Crippen LogP contribution in [-0.2, 0) is 0 Å². The van der Waals surface area contributed by atoms with Gasteiger partial charge in [0.25, 0.3) is 0 Å². The third-order valence-corrected chi connectivity index (χ3v) is 4.99. The summed E-state index contributed by atoms with van der Waals surface area (Å²) in [7, 11) is 0. The SMILES string of the molecule is CCN(CC)c1ccc(/C=N\NC(=S)N/N=C/c2ccc(N(CC)CC)cc2)cc1. The first-order valence-electron chi connectivity index (χ1n) is 10.4. The highest BCUT2D eigenvalue weighted by molar-refractivity contribution is 7.80. The van der Waals surface area contributed by atoms with Crippen molar-refractivity contribution < 1.29 is 0 Å². The summed E-state index contributed by atoms with van der Waals surface area (Å²) in [5.41, 5.74) is 9.97. The summed E-state index contributed by atoms with van der Waals surface area (Å²) in [5, 5.41) is 8.66. The molecule has 6 nitrogen and oxygen atoms in total. The number of hydrazone groups is 2. The molecule has 2 aromatic rings. The number of hydrogen-bond donors (Lipinski definition) is 2. The molecule has 0 spiro atoms. The van der Waals surface area contributed by atoms with E-state index in [1.807, 2.05) is 24.3 Å². The standard InChI is InChI=1S/C23H32N6S/c1-5-28(6-2)21-13-9-19(10-14-21)17-24-26-23(30)27-25-18-20-11-15-22(16-12-20)29(7-3)8-4/h9-18H,5-8H2,1-4H3,(H2,26,27,30)/b24-17-,25-18+. The normalized spacial score (nSPS) is 11.1. The zero-order valence-corrected chi connectivity index (χ0v) is 19.1. The maximum Gasteiger partial charge on any atom is 0.207 e. The van der Waals surface area contributed by atoms with Gasteiger partial charge < -0.3 is 9.80 Å². The summed E-state index contributed by atoms with van der Waals surface area (Å²) >= 11 is 5.19. The van der Waals surface area contributed by atoms with Crippen molar-refractivity contribution in [3.8, 4) is 0 Å². The van der Waals surface area contributed by atoms with Crippen molar-refractivity contribution in [2.75, 3.05) is 36.0 Å². The molecule has 2 N–H and O–H groups in total. The first-order valence-corrected chi connectivity index (χ1v) is 10.8. The molecule has 160 valence electrons. The first-order chi connectivity index (χ1) is 14.6. The highest BCUT2D eigenvalue weighted by Crippen LogP contribution is 2.14. The third kappa shape index (κ3) is 7.15. The van der Waals surface area contributed by atoms with Gasteiger partial charge in [0, 0.05) is 37.6 Å². The lowest BCUT2D eigenvalue weighted by atomic mass is 10.2. The van der Waals surface area contributed by atoms with E-state index >= 15 is 0 Å². The van der Waals surface area contributed by atoms with Crippen molar-refractivity contribution in [2.24, 2.45) is 10.2 Å². The fourth-order valence-electron chi connectivity index (χ4n) is 3.08. The second-order valence-corrected chi connectivity index (χ2v) is 7.01. The van der Waals surface area contributed by atoms with Crippen molar-refractivity contribution in [1.29, 1.82) is 0 Å². The fourth-order valence-corrected chi connectivity index (χ4v) is 3.18. The summed E-state index contributed by atoms with van der Waals surface area (Å²) in [4.78, 5) is 4.60. The molecule has 7 heteroatoms. The van der Waals surface area contributed by atoms with Crippen LogP contribution in [0.15, 0.2) is 58.7 Å². The predicted molar refractivity (Wildman–Crippen MR) is 134 cm³/mol. The van der Waals surface area contributed by atoms with Gasteiger partial charge in [-0.05, 0) is 75.3 Å². The van der Waals surface area contributed by atoms with Crippen LogP contribution in [0.1, 0.15) is 38.8 Å². The number of anilines is 2. The van der Waals surface area contributed by atoms with Crippen LogP contribution in [0.25, 0.3) is 0 Å². The molecule has 0 fully saturated rings. The van der Waals surface area contributed by atoms with Crippen LogP contribution in [0.5, 0.6) is 0 Å². The number of nitrogens with zero attached hydrogens (tertiary/aromatic N) is 4. The minimum Gasteiger partial charge on any atom is -0.372 e. The molecule has 0 amide bonds. The van der Waals surface area contributed by atoms with E-state index in [4.69, 9.17) is 12.2 Å². The maximum atomic E-state index is 5.19. The van der Waals surface area contributed by atoms with E-state index in [1.165, 1.54) is 11.4 Å². The Labute approximate surface area is 185 Å². The van der Waals surface area contributed by atoms with Gasteiger partial charge in [0.2, 0.25) is 5.11 Å². The van der Waals surface area contributed by atoms with Crippen LogP contribution in [0.4, 0.5) is 11.4 Å². The number of nitrogens with one attached hydrogen (secondary N) is 2. The van der Waals surface area contributed by atoms with Gasteiger partial charge >= 0.3 is 0 Å². The lowest BCUT2D eigenvalue weighted by Gasteiger charge is -2.20. The Morgan fingerprint density at radius 1 is 0.700 bits per heavy atom. The van der Waals surface area contributed by atoms with Crippen LogP contribution in [0.2, 0.25) is 0 Å². The summed E-state index contributed by atoms with van der Waals surface area (Å²) in [6, 6.07) is 16.5. The molecular weight excluding hydrogens is 392 g/mol. The molecule has 0 aliphatic heterocycles. The smallest absolute Gasteiger partial charge is 0.207 e. The summed E-state index contributed by atoms with van der Waals surface area (Å²) < 4.78 is 0. The van der Waals surface area contributed by atoms with E-state index in [1.54, 1.807) is 12.4 Å². The molecule has 0 saturated heterocycles. The monoisotopic (exact) mass is 424 g/mol. The van der Waals surface area contributed by atoms with Crippen molar-refractivity contribution in [2.45, 2.75) is 27.7 Å². The maximum absolute atomic E-state index is 5.19. The lowest BCUT2D eigenvalue weighted by molar-refractivity contribution is 0.866. The Morgan fingerprint density at radius 2 is 1.03 bits per heavy atom. The van der Waals surface area contributed by atoms with Gasteiger partial charge in [0.15, 0.2) is 0 Å². The Hall–Kier alpha value is -2.93. The molecule has 0 saturated carbocycles. The van der Waals surface area contributed by atoms with Crippen LogP contribution in [-0.4, -0.2) is 43.7 Å². The minimum atomic E-state index is 0.335. The zero-order valence-electron chi connectivity index (χ0n) is 18.3. The van der Waals surface area contributed by atoms with E-state index in [0.29, 0.717) is 5.11 Å². The summed E-state index contributed by atoms with van der Waals surface area (Å²) in [6.45, 7) is 12.6. The number of hydrogen-bond acceptors (Lipinski definition) is 5. The van der Waals surface area contributed by atoms with Crippen LogP contribution >= 0.6 is 12.2 Å². The Kier molecular flexibility index (Phi) is 9.80. The number of rotatable bonds is 10. The molecule has 2 rings (SSSR count). The van der Waals surface area contributed by atoms with Crippen LogP contribution in [0, 0.1) is 0 Å². The van der Waals surface area contributed by atoms with E-state index < -0.39 is 0 Å². The Morgan fingerprint density at radius 3 is 1.33 bits per heavy atom. The van der Waals surface area contributed by atoms with Crippen LogP contribution in [0.3, 0.4) is 0 Å². The minimum absolute atomic E-state index is 0.335. The molecule has 0 heterocycles. The second kappa shape index (κ2) is 12.6. The average molecular weight is 425 g/mol. The molecule has 0 atom stereocenters. The van der Waals surface area contributed by atoms with E-state index in [0.717, 1.165) is 37.3 Å². The number of benzene rings is 2. The van der Waals surface area contributed by atoms with E-state index in [9.17, 15) is 0 Å². The van der Waals surface area contributed by atoms with Gasteiger partial charge in [0.05, 0.1) is 12.4 Å². The molecule has 0 aliphatic rings. The molecular formula is C23H32N6S. The molecule has 0 unspecified atom stereocenters. The predicted octanol–water partition coefficient (Wildman–Crippen LogP) is 4.21. The number of thiocarbonyl (C=S) groups is 1. The second-order valence-electron chi connectivity index (χ2n) is 6.60. The average Bonchev–Trinajstić information content (AvgIpc) is 2.77. The molecule has 0 bridgehead atoms. The van der Waals surface area contributed by atoms with Crippen molar-refractivity contribution in [1.82, 2.24) is 10.9 Å². The van der Waals surface area contributed by atoms with Gasteiger partial charge in [-0.3, -0.25) is 10.9 Å². The Bertz CT molecular complexity index is 752. The molecule has 2 aromatic carbocycles. The lowest BCUT2D eigenvalue weighted by Crippen LogP contribution is -2.28. The molecule has 30 heavy (non-hydrogen) atoms. The summed E-state index contributed by atoms with van der Waals surface area (Å²) in [6.07, 6.45) is 3.46. The molecule has 0 radical (unpaired) electrons. The van der Waals surface area contributed by atoms with Gasteiger partial charge in [-0.15, -0.1) is 0 Å². The van der Waals surface area contributed by atoms with Crippen LogP contribution < -0.4 is 20.7 Å². The van der Waals surface area contributed by atoms with Gasteiger partial charge in [-0.1, -0.05) is 24.3 Å². The van der Waals surface area contributed by atoms with E-state index in [2.05, 4.69) is 82.8 Å². The fraction of sp³-hybridized carbons (Fsp3) is 0.348. The molecule has 0 aliphatic carbocycles.